The predicted octanol–water partition coefficient (Wildman–Crippen LogP) is 1.22. The van der Waals surface area contributed by atoms with E-state index in [1.54, 1.807) is 0 Å². The fraction of sp³-hybridized carbons (Fsp3) is 0.909. The van der Waals surface area contributed by atoms with E-state index in [1.165, 1.54) is 12.8 Å². The second kappa shape index (κ2) is 4.84. The molecular weight excluding hydrogens is 192 g/mol. The molecule has 0 spiro atoms. The Morgan fingerprint density at radius 3 is 2.87 bits per heavy atom. The van der Waals surface area contributed by atoms with Crippen LogP contribution < -0.4 is 5.32 Å². The first-order chi connectivity index (χ1) is 7.33. The maximum Gasteiger partial charge on any atom is 0.410 e. The van der Waals surface area contributed by atoms with Crippen molar-refractivity contribution < 1.29 is 9.53 Å². The van der Waals surface area contributed by atoms with E-state index in [1.807, 2.05) is 4.90 Å². The van der Waals surface area contributed by atoms with Crippen molar-refractivity contribution in [2.75, 3.05) is 26.2 Å². The Labute approximate surface area is 91.0 Å². The van der Waals surface area contributed by atoms with Gasteiger partial charge < -0.3 is 15.0 Å². The number of rotatable bonds is 3. The minimum Gasteiger partial charge on any atom is -0.447 e. The second-order valence-electron chi connectivity index (χ2n) is 4.43. The van der Waals surface area contributed by atoms with E-state index >= 15 is 0 Å². The van der Waals surface area contributed by atoms with Crippen molar-refractivity contribution >= 4 is 6.09 Å². The normalized spacial score (nSPS) is 28.2. The second-order valence-corrected chi connectivity index (χ2v) is 4.43. The molecule has 86 valence electrons. The SMILES string of the molecule is CCCN1C(=O)OCC1C1CCNCC1. The van der Waals surface area contributed by atoms with Crippen LogP contribution in [-0.4, -0.2) is 43.3 Å². The highest BCUT2D eigenvalue weighted by Crippen LogP contribution is 2.26. The number of carbonyl (C=O) groups is 1. The third-order valence-electron chi connectivity index (χ3n) is 3.40. The number of nitrogens with zero attached hydrogens (tertiary/aromatic N) is 1. The lowest BCUT2D eigenvalue weighted by molar-refractivity contribution is 0.154. The molecule has 0 aromatic rings. The van der Waals surface area contributed by atoms with Crippen LogP contribution in [0.25, 0.3) is 0 Å². The molecule has 2 rings (SSSR count). The Morgan fingerprint density at radius 1 is 1.47 bits per heavy atom. The predicted molar refractivity (Wildman–Crippen MR) is 57.7 cm³/mol. The zero-order valence-electron chi connectivity index (χ0n) is 9.37. The monoisotopic (exact) mass is 212 g/mol. The number of cyclic esters (lactones) is 1. The molecule has 2 fully saturated rings. The number of piperidine rings is 1. The quantitative estimate of drug-likeness (QED) is 0.764. The summed E-state index contributed by atoms with van der Waals surface area (Å²) in [6.45, 7) is 5.70. The van der Waals surface area contributed by atoms with Gasteiger partial charge in [0.2, 0.25) is 0 Å². The molecule has 0 bridgehead atoms. The molecule has 2 saturated heterocycles. The first-order valence-corrected chi connectivity index (χ1v) is 5.97. The summed E-state index contributed by atoms with van der Waals surface area (Å²) in [6, 6.07) is 0.333. The van der Waals surface area contributed by atoms with Gasteiger partial charge >= 0.3 is 6.09 Å². The lowest BCUT2D eigenvalue weighted by Crippen LogP contribution is -2.43. The highest BCUT2D eigenvalue weighted by Gasteiger charge is 2.37. The van der Waals surface area contributed by atoms with Gasteiger partial charge in [-0.05, 0) is 38.3 Å². The summed E-state index contributed by atoms with van der Waals surface area (Å²) in [5, 5.41) is 3.35. The van der Waals surface area contributed by atoms with Crippen molar-refractivity contribution in [3.63, 3.8) is 0 Å². The Bertz CT molecular complexity index is 227. The number of hydrogen-bond donors (Lipinski definition) is 1. The van der Waals surface area contributed by atoms with Gasteiger partial charge in [0, 0.05) is 6.54 Å². The molecule has 0 saturated carbocycles. The van der Waals surface area contributed by atoms with Gasteiger partial charge in [0.1, 0.15) is 6.61 Å². The minimum atomic E-state index is -0.111. The minimum absolute atomic E-state index is 0.111. The van der Waals surface area contributed by atoms with Gasteiger partial charge in [-0.2, -0.15) is 0 Å². The Hall–Kier alpha value is -0.770. The van der Waals surface area contributed by atoms with E-state index < -0.39 is 0 Å². The summed E-state index contributed by atoms with van der Waals surface area (Å²) in [6.07, 6.45) is 3.24. The molecule has 1 unspecified atom stereocenters. The van der Waals surface area contributed by atoms with Crippen LogP contribution >= 0.6 is 0 Å². The molecular formula is C11H20N2O2. The van der Waals surface area contributed by atoms with Crippen molar-refractivity contribution in [1.29, 1.82) is 0 Å². The molecule has 2 heterocycles. The summed E-state index contributed by atoms with van der Waals surface area (Å²) in [7, 11) is 0. The van der Waals surface area contributed by atoms with E-state index in [0.717, 1.165) is 26.1 Å². The maximum atomic E-state index is 11.5. The first kappa shape index (κ1) is 10.7. The third-order valence-corrected chi connectivity index (χ3v) is 3.40. The van der Waals surface area contributed by atoms with Crippen LogP contribution in [-0.2, 0) is 4.74 Å². The van der Waals surface area contributed by atoms with Crippen molar-refractivity contribution in [3.05, 3.63) is 0 Å². The molecule has 15 heavy (non-hydrogen) atoms. The number of carbonyl (C=O) groups excluding carboxylic acids is 1. The van der Waals surface area contributed by atoms with Gasteiger partial charge in [-0.3, -0.25) is 0 Å². The molecule has 0 radical (unpaired) electrons. The van der Waals surface area contributed by atoms with Crippen LogP contribution in [0.2, 0.25) is 0 Å². The van der Waals surface area contributed by atoms with Crippen LogP contribution in [0.3, 0.4) is 0 Å². The summed E-state index contributed by atoms with van der Waals surface area (Å²) >= 11 is 0. The summed E-state index contributed by atoms with van der Waals surface area (Å²) in [4.78, 5) is 13.4. The average molecular weight is 212 g/mol. The molecule has 2 aliphatic heterocycles. The van der Waals surface area contributed by atoms with Gasteiger partial charge in [0.15, 0.2) is 0 Å². The van der Waals surface area contributed by atoms with Crippen LogP contribution in [0.1, 0.15) is 26.2 Å². The van der Waals surface area contributed by atoms with Crippen molar-refractivity contribution in [3.8, 4) is 0 Å². The Kier molecular flexibility index (Phi) is 3.46. The zero-order chi connectivity index (χ0) is 10.7. The average Bonchev–Trinajstić information content (AvgIpc) is 2.63. The van der Waals surface area contributed by atoms with Crippen LogP contribution in [0.5, 0.6) is 0 Å². The standard InChI is InChI=1S/C11H20N2O2/c1-2-7-13-10(8-15-11(13)14)9-3-5-12-6-4-9/h9-10,12H,2-8H2,1H3. The first-order valence-electron chi connectivity index (χ1n) is 5.97. The Morgan fingerprint density at radius 2 is 2.20 bits per heavy atom. The number of amides is 1. The van der Waals surface area contributed by atoms with E-state index in [-0.39, 0.29) is 6.09 Å². The highest BCUT2D eigenvalue weighted by molar-refractivity contribution is 5.70. The lowest BCUT2D eigenvalue weighted by Gasteiger charge is -2.31. The van der Waals surface area contributed by atoms with Crippen molar-refractivity contribution in [2.45, 2.75) is 32.2 Å². The largest absolute Gasteiger partial charge is 0.447 e. The number of ether oxygens (including phenoxy) is 1. The van der Waals surface area contributed by atoms with Gasteiger partial charge in [-0.25, -0.2) is 4.79 Å². The van der Waals surface area contributed by atoms with Crippen LogP contribution in [0.15, 0.2) is 0 Å². The number of nitrogens with one attached hydrogen (secondary N) is 1. The van der Waals surface area contributed by atoms with Gasteiger partial charge in [-0.15, -0.1) is 0 Å². The molecule has 0 aliphatic carbocycles. The van der Waals surface area contributed by atoms with E-state index in [0.29, 0.717) is 18.6 Å². The van der Waals surface area contributed by atoms with Gasteiger partial charge in [-0.1, -0.05) is 6.92 Å². The van der Waals surface area contributed by atoms with Gasteiger partial charge in [0.05, 0.1) is 6.04 Å². The fourth-order valence-corrected chi connectivity index (χ4v) is 2.58. The summed E-state index contributed by atoms with van der Waals surface area (Å²) < 4.78 is 5.15. The molecule has 4 heteroatoms. The zero-order valence-corrected chi connectivity index (χ0v) is 9.37. The fourth-order valence-electron chi connectivity index (χ4n) is 2.58. The number of hydrogen-bond acceptors (Lipinski definition) is 3. The molecule has 4 nitrogen and oxygen atoms in total. The molecule has 2 aliphatic rings. The van der Waals surface area contributed by atoms with Crippen molar-refractivity contribution in [2.24, 2.45) is 5.92 Å². The molecule has 0 aromatic heterocycles. The lowest BCUT2D eigenvalue weighted by atomic mass is 9.90. The maximum absolute atomic E-state index is 11.5. The molecule has 1 atom stereocenters. The van der Waals surface area contributed by atoms with Crippen molar-refractivity contribution in [1.82, 2.24) is 10.2 Å². The molecule has 0 aromatic carbocycles. The van der Waals surface area contributed by atoms with Crippen LogP contribution in [0.4, 0.5) is 4.79 Å². The third kappa shape index (κ3) is 2.25. The van der Waals surface area contributed by atoms with E-state index in [2.05, 4.69) is 12.2 Å². The Balaban J connectivity index is 1.97. The topological polar surface area (TPSA) is 41.6 Å². The highest BCUT2D eigenvalue weighted by atomic mass is 16.6. The smallest absolute Gasteiger partial charge is 0.410 e. The van der Waals surface area contributed by atoms with E-state index in [4.69, 9.17) is 4.74 Å². The van der Waals surface area contributed by atoms with Gasteiger partial charge in [0.25, 0.3) is 0 Å². The van der Waals surface area contributed by atoms with Crippen LogP contribution in [0, 0.1) is 5.92 Å². The van der Waals surface area contributed by atoms with E-state index in [9.17, 15) is 4.79 Å². The summed E-state index contributed by atoms with van der Waals surface area (Å²) in [5.41, 5.74) is 0. The molecule has 1 N–H and O–H groups in total. The molecule has 1 amide bonds. The summed E-state index contributed by atoms with van der Waals surface area (Å²) in [5.74, 6) is 0.629.